The van der Waals surface area contributed by atoms with E-state index < -0.39 is 5.60 Å². The van der Waals surface area contributed by atoms with Crippen molar-refractivity contribution in [3.05, 3.63) is 35.9 Å². The first kappa shape index (κ1) is 17.5. The molecule has 0 fully saturated rings. The van der Waals surface area contributed by atoms with Crippen LogP contribution in [0.25, 0.3) is 0 Å². The molecular weight excluding hydrogens is 264 g/mol. The standard InChI is InChI=1S/C17H28N2O2/c1-13(11-15-9-7-6-8-10-15)18-12-14(2)19-16(20)21-17(3,4)5/h6-10,13-14,18H,11-12H2,1-5H3,(H,19,20). The lowest BCUT2D eigenvalue weighted by Gasteiger charge is -2.23. The molecule has 1 amide bonds. The highest BCUT2D eigenvalue weighted by Gasteiger charge is 2.17. The summed E-state index contributed by atoms with van der Waals surface area (Å²) in [5.41, 5.74) is 0.850. The molecule has 2 atom stereocenters. The number of carbonyl (C=O) groups is 1. The van der Waals surface area contributed by atoms with Crippen molar-refractivity contribution in [1.29, 1.82) is 0 Å². The maximum Gasteiger partial charge on any atom is 0.407 e. The van der Waals surface area contributed by atoms with Crippen LogP contribution in [-0.2, 0) is 11.2 Å². The Balaban J connectivity index is 2.26. The number of nitrogens with one attached hydrogen (secondary N) is 2. The van der Waals surface area contributed by atoms with Crippen LogP contribution in [0.15, 0.2) is 30.3 Å². The summed E-state index contributed by atoms with van der Waals surface area (Å²) in [6, 6.07) is 10.8. The Labute approximate surface area is 128 Å². The van der Waals surface area contributed by atoms with E-state index in [4.69, 9.17) is 4.74 Å². The van der Waals surface area contributed by atoms with Crippen molar-refractivity contribution in [3.8, 4) is 0 Å². The van der Waals surface area contributed by atoms with Gasteiger partial charge in [-0.3, -0.25) is 0 Å². The largest absolute Gasteiger partial charge is 0.444 e. The average Bonchev–Trinajstić information content (AvgIpc) is 2.35. The molecule has 0 saturated heterocycles. The molecule has 4 heteroatoms. The summed E-state index contributed by atoms with van der Waals surface area (Å²) in [6.45, 7) is 10.4. The van der Waals surface area contributed by atoms with E-state index in [9.17, 15) is 4.79 Å². The zero-order valence-electron chi connectivity index (χ0n) is 13.8. The van der Waals surface area contributed by atoms with Crippen molar-refractivity contribution in [3.63, 3.8) is 0 Å². The van der Waals surface area contributed by atoms with Crippen molar-refractivity contribution in [1.82, 2.24) is 10.6 Å². The van der Waals surface area contributed by atoms with Gasteiger partial charge in [-0.05, 0) is 46.6 Å². The molecule has 1 aromatic rings. The third-order valence-corrected chi connectivity index (χ3v) is 2.92. The van der Waals surface area contributed by atoms with Crippen LogP contribution in [0.1, 0.15) is 40.2 Å². The summed E-state index contributed by atoms with van der Waals surface area (Å²) in [5.74, 6) is 0. The summed E-state index contributed by atoms with van der Waals surface area (Å²) in [4.78, 5) is 11.6. The van der Waals surface area contributed by atoms with E-state index >= 15 is 0 Å². The summed E-state index contributed by atoms with van der Waals surface area (Å²) in [6.07, 6.45) is 0.604. The van der Waals surface area contributed by atoms with Crippen molar-refractivity contribution in [2.45, 2.75) is 58.7 Å². The summed E-state index contributed by atoms with van der Waals surface area (Å²) >= 11 is 0. The summed E-state index contributed by atoms with van der Waals surface area (Å²) in [5, 5.41) is 6.26. The van der Waals surface area contributed by atoms with E-state index in [1.54, 1.807) is 0 Å². The molecule has 0 aromatic heterocycles. The van der Waals surface area contributed by atoms with Gasteiger partial charge in [-0.2, -0.15) is 0 Å². The first-order chi connectivity index (χ1) is 9.76. The van der Waals surface area contributed by atoms with Gasteiger partial charge in [0, 0.05) is 18.6 Å². The van der Waals surface area contributed by atoms with Crippen LogP contribution in [0.4, 0.5) is 4.79 Å². The normalized spacial score (nSPS) is 14.3. The molecule has 0 aliphatic rings. The number of alkyl carbamates (subject to hydrolysis) is 1. The second-order valence-corrected chi connectivity index (χ2v) is 6.55. The highest BCUT2D eigenvalue weighted by Crippen LogP contribution is 2.07. The minimum Gasteiger partial charge on any atom is -0.444 e. The molecule has 118 valence electrons. The fourth-order valence-corrected chi connectivity index (χ4v) is 1.98. The number of ether oxygens (including phenoxy) is 1. The van der Waals surface area contributed by atoms with Gasteiger partial charge in [0.2, 0.25) is 0 Å². The molecule has 2 N–H and O–H groups in total. The van der Waals surface area contributed by atoms with Gasteiger partial charge in [0.15, 0.2) is 0 Å². The summed E-state index contributed by atoms with van der Waals surface area (Å²) < 4.78 is 5.23. The van der Waals surface area contributed by atoms with Crippen molar-refractivity contribution in [2.75, 3.05) is 6.54 Å². The third-order valence-electron chi connectivity index (χ3n) is 2.92. The van der Waals surface area contributed by atoms with Crippen molar-refractivity contribution < 1.29 is 9.53 Å². The van der Waals surface area contributed by atoms with E-state index in [1.165, 1.54) is 5.56 Å². The zero-order chi connectivity index (χ0) is 15.9. The number of hydrogen-bond acceptors (Lipinski definition) is 3. The number of hydrogen-bond donors (Lipinski definition) is 2. The Morgan fingerprint density at radius 2 is 1.76 bits per heavy atom. The van der Waals surface area contributed by atoms with Crippen LogP contribution in [0, 0.1) is 0 Å². The van der Waals surface area contributed by atoms with E-state index in [0.29, 0.717) is 12.6 Å². The fraction of sp³-hybridized carbons (Fsp3) is 0.588. The van der Waals surface area contributed by atoms with Crippen molar-refractivity contribution in [2.24, 2.45) is 0 Å². The molecule has 21 heavy (non-hydrogen) atoms. The van der Waals surface area contributed by atoms with Gasteiger partial charge in [0.1, 0.15) is 5.60 Å². The van der Waals surface area contributed by atoms with Crippen molar-refractivity contribution >= 4 is 6.09 Å². The van der Waals surface area contributed by atoms with Gasteiger partial charge < -0.3 is 15.4 Å². The van der Waals surface area contributed by atoms with Gasteiger partial charge >= 0.3 is 6.09 Å². The van der Waals surface area contributed by atoms with E-state index in [2.05, 4.69) is 41.8 Å². The molecular formula is C17H28N2O2. The first-order valence-corrected chi connectivity index (χ1v) is 7.53. The number of rotatable bonds is 6. The Morgan fingerprint density at radius 1 is 1.14 bits per heavy atom. The SMILES string of the molecule is CC(Cc1ccccc1)NCC(C)NC(=O)OC(C)(C)C. The maximum atomic E-state index is 11.6. The molecule has 1 rings (SSSR count). The highest BCUT2D eigenvalue weighted by molar-refractivity contribution is 5.68. The molecule has 2 unspecified atom stereocenters. The minimum absolute atomic E-state index is 0.0260. The first-order valence-electron chi connectivity index (χ1n) is 7.53. The topological polar surface area (TPSA) is 50.4 Å². The van der Waals surface area contributed by atoms with Gasteiger partial charge in [-0.25, -0.2) is 4.79 Å². The van der Waals surface area contributed by atoms with Crippen LogP contribution < -0.4 is 10.6 Å². The van der Waals surface area contributed by atoms with E-state index in [1.807, 2.05) is 33.8 Å². The lowest BCUT2D eigenvalue weighted by molar-refractivity contribution is 0.0507. The lowest BCUT2D eigenvalue weighted by Crippen LogP contribution is -2.44. The molecule has 0 bridgehead atoms. The maximum absolute atomic E-state index is 11.6. The Hall–Kier alpha value is -1.55. The van der Waals surface area contributed by atoms with Crippen LogP contribution >= 0.6 is 0 Å². The van der Waals surface area contributed by atoms with Crippen LogP contribution in [0.3, 0.4) is 0 Å². The highest BCUT2D eigenvalue weighted by atomic mass is 16.6. The van der Waals surface area contributed by atoms with Crippen LogP contribution in [0.2, 0.25) is 0 Å². The predicted octanol–water partition coefficient (Wildman–Crippen LogP) is 3.12. The lowest BCUT2D eigenvalue weighted by atomic mass is 10.1. The number of benzene rings is 1. The van der Waals surface area contributed by atoms with Gasteiger partial charge in [-0.1, -0.05) is 30.3 Å². The molecule has 4 nitrogen and oxygen atoms in total. The van der Waals surface area contributed by atoms with Crippen LogP contribution in [0.5, 0.6) is 0 Å². The Bertz CT molecular complexity index is 426. The van der Waals surface area contributed by atoms with Gasteiger partial charge in [-0.15, -0.1) is 0 Å². The molecule has 0 spiro atoms. The van der Waals surface area contributed by atoms with Crippen LogP contribution in [-0.4, -0.2) is 30.3 Å². The summed E-state index contributed by atoms with van der Waals surface area (Å²) in [7, 11) is 0. The predicted molar refractivity (Wildman–Crippen MR) is 86.4 cm³/mol. The van der Waals surface area contributed by atoms with Gasteiger partial charge in [0.05, 0.1) is 0 Å². The third kappa shape index (κ3) is 8.35. The van der Waals surface area contributed by atoms with Gasteiger partial charge in [0.25, 0.3) is 0 Å². The zero-order valence-corrected chi connectivity index (χ0v) is 13.8. The number of amides is 1. The smallest absolute Gasteiger partial charge is 0.407 e. The average molecular weight is 292 g/mol. The molecule has 0 radical (unpaired) electrons. The Kier molecular flexibility index (Phi) is 6.69. The molecule has 0 aliphatic carbocycles. The van der Waals surface area contributed by atoms with E-state index in [-0.39, 0.29) is 12.1 Å². The monoisotopic (exact) mass is 292 g/mol. The second kappa shape index (κ2) is 8.03. The fourth-order valence-electron chi connectivity index (χ4n) is 1.98. The molecule has 0 heterocycles. The number of carbonyl (C=O) groups excluding carboxylic acids is 1. The quantitative estimate of drug-likeness (QED) is 0.847. The molecule has 1 aromatic carbocycles. The molecule has 0 saturated carbocycles. The molecule has 0 aliphatic heterocycles. The Morgan fingerprint density at radius 3 is 2.33 bits per heavy atom. The second-order valence-electron chi connectivity index (χ2n) is 6.55. The van der Waals surface area contributed by atoms with E-state index in [0.717, 1.165) is 6.42 Å². The minimum atomic E-state index is -0.460.